The molecule has 0 fully saturated rings. The van der Waals surface area contributed by atoms with Gasteiger partial charge < -0.3 is 15.5 Å². The molecule has 0 aromatic heterocycles. The lowest BCUT2D eigenvalue weighted by molar-refractivity contribution is -0.123. The minimum Gasteiger partial charge on any atom is -0.394 e. The lowest BCUT2D eigenvalue weighted by Crippen LogP contribution is -2.45. The van der Waals surface area contributed by atoms with Crippen LogP contribution in [0.25, 0.3) is 0 Å². The Bertz CT molecular complexity index is 1160. The summed E-state index contributed by atoms with van der Waals surface area (Å²) in [5.74, 6) is -0.0732. The monoisotopic (exact) mass is 904 g/mol. The molecule has 0 aromatic carbocycles. The van der Waals surface area contributed by atoms with Gasteiger partial charge in [-0.2, -0.15) is 0 Å². The Kier molecular flexibility index (Phi) is 53.8. The van der Waals surface area contributed by atoms with Gasteiger partial charge in [0, 0.05) is 6.42 Å². The van der Waals surface area contributed by atoms with E-state index in [1.807, 2.05) is 6.08 Å². The van der Waals surface area contributed by atoms with Crippen LogP contribution in [0.4, 0.5) is 0 Å². The van der Waals surface area contributed by atoms with Gasteiger partial charge in [-0.3, -0.25) is 4.79 Å². The Hall–Kier alpha value is -2.43. The first-order chi connectivity index (χ1) is 32.2. The lowest BCUT2D eigenvalue weighted by Gasteiger charge is -2.19. The highest BCUT2D eigenvalue weighted by atomic mass is 16.3. The number of hydrogen-bond acceptors (Lipinski definition) is 3. The average Bonchev–Trinajstić information content (AvgIpc) is 3.31. The Labute approximate surface area is 405 Å². The molecular weight excluding hydrogens is 795 g/mol. The van der Waals surface area contributed by atoms with Crippen LogP contribution in [0.15, 0.2) is 85.1 Å². The summed E-state index contributed by atoms with van der Waals surface area (Å²) >= 11 is 0. The van der Waals surface area contributed by atoms with Crippen molar-refractivity contribution in [2.75, 3.05) is 6.61 Å². The number of rotatable bonds is 51. The average molecular weight is 905 g/mol. The number of allylic oxidation sites excluding steroid dienone is 13. The molecule has 4 nitrogen and oxygen atoms in total. The van der Waals surface area contributed by atoms with Crippen molar-refractivity contribution in [3.63, 3.8) is 0 Å². The van der Waals surface area contributed by atoms with Crippen LogP contribution in [-0.4, -0.2) is 34.9 Å². The molecule has 0 radical (unpaired) electrons. The molecule has 65 heavy (non-hydrogen) atoms. The number of amides is 1. The maximum Gasteiger partial charge on any atom is 0.220 e. The van der Waals surface area contributed by atoms with Gasteiger partial charge in [0.1, 0.15) is 0 Å². The smallest absolute Gasteiger partial charge is 0.220 e. The largest absolute Gasteiger partial charge is 0.394 e. The highest BCUT2D eigenvalue weighted by Gasteiger charge is 2.18. The fourth-order valence-corrected chi connectivity index (χ4v) is 8.34. The fraction of sp³-hybridized carbons (Fsp3) is 0.754. The molecule has 2 unspecified atom stereocenters. The number of carbonyl (C=O) groups excluding carboxylic acids is 1. The first kappa shape index (κ1) is 62.6. The molecule has 3 N–H and O–H groups in total. The summed E-state index contributed by atoms with van der Waals surface area (Å²) in [6.07, 6.45) is 81.7. The van der Waals surface area contributed by atoms with Crippen LogP contribution >= 0.6 is 0 Å². The van der Waals surface area contributed by atoms with Crippen LogP contribution in [0.2, 0.25) is 0 Å². The van der Waals surface area contributed by atoms with Gasteiger partial charge in [0.2, 0.25) is 5.91 Å². The van der Waals surface area contributed by atoms with E-state index in [0.717, 1.165) is 64.2 Å². The summed E-state index contributed by atoms with van der Waals surface area (Å²) in [4.78, 5) is 12.5. The van der Waals surface area contributed by atoms with E-state index in [0.29, 0.717) is 6.42 Å². The van der Waals surface area contributed by atoms with Gasteiger partial charge in [-0.25, -0.2) is 0 Å². The molecule has 0 bridgehead atoms. The van der Waals surface area contributed by atoms with E-state index >= 15 is 0 Å². The van der Waals surface area contributed by atoms with Gasteiger partial charge in [0.15, 0.2) is 0 Å². The zero-order valence-electron chi connectivity index (χ0n) is 43.2. The number of hydrogen-bond donors (Lipinski definition) is 3. The number of unbranched alkanes of at least 4 members (excludes halogenated alkanes) is 32. The Morgan fingerprint density at radius 2 is 0.692 bits per heavy atom. The van der Waals surface area contributed by atoms with Gasteiger partial charge in [0.25, 0.3) is 0 Å². The SMILES string of the molecule is CC/C=C\C/C=C\C/C=C\C/C=C\C/C=C\CCCCCCCCCCCCCCCCCCCC(=O)NC(CO)C(O)/C=C/CC/C=C/CCCCCCCCCCCCCCCC. The molecule has 0 aromatic rings. The van der Waals surface area contributed by atoms with Crippen molar-refractivity contribution in [3.05, 3.63) is 85.1 Å². The van der Waals surface area contributed by atoms with Crippen LogP contribution in [0.3, 0.4) is 0 Å². The zero-order valence-corrected chi connectivity index (χ0v) is 43.2. The summed E-state index contributed by atoms with van der Waals surface area (Å²) < 4.78 is 0. The Morgan fingerprint density at radius 1 is 0.385 bits per heavy atom. The van der Waals surface area contributed by atoms with Crippen molar-refractivity contribution < 1.29 is 15.0 Å². The van der Waals surface area contributed by atoms with Crippen molar-refractivity contribution in [2.45, 2.75) is 289 Å². The number of aliphatic hydroxyl groups excluding tert-OH is 2. The van der Waals surface area contributed by atoms with Crippen molar-refractivity contribution >= 4 is 5.91 Å². The number of carbonyl (C=O) groups is 1. The molecule has 0 heterocycles. The molecule has 0 rings (SSSR count). The third-order valence-electron chi connectivity index (χ3n) is 12.6. The maximum atomic E-state index is 12.5. The summed E-state index contributed by atoms with van der Waals surface area (Å²) in [5, 5.41) is 23.1. The van der Waals surface area contributed by atoms with Gasteiger partial charge in [-0.15, -0.1) is 0 Å². The van der Waals surface area contributed by atoms with Crippen LogP contribution in [0, 0.1) is 0 Å². The highest BCUT2D eigenvalue weighted by Crippen LogP contribution is 2.16. The van der Waals surface area contributed by atoms with Crippen LogP contribution in [-0.2, 0) is 4.79 Å². The summed E-state index contributed by atoms with van der Waals surface area (Å²) in [6, 6.07) is -0.642. The fourth-order valence-electron chi connectivity index (χ4n) is 8.34. The van der Waals surface area contributed by atoms with Crippen molar-refractivity contribution in [2.24, 2.45) is 0 Å². The lowest BCUT2D eigenvalue weighted by atomic mass is 10.0. The van der Waals surface area contributed by atoms with E-state index in [9.17, 15) is 15.0 Å². The number of nitrogens with one attached hydrogen (secondary N) is 1. The zero-order chi connectivity index (χ0) is 47.0. The molecule has 0 saturated heterocycles. The molecule has 1 amide bonds. The summed E-state index contributed by atoms with van der Waals surface area (Å²) in [6.45, 7) is 4.20. The molecule has 376 valence electrons. The normalized spacial score (nSPS) is 13.5. The van der Waals surface area contributed by atoms with E-state index in [1.54, 1.807) is 6.08 Å². The molecule has 0 aliphatic rings. The van der Waals surface area contributed by atoms with Crippen molar-refractivity contribution in [3.8, 4) is 0 Å². The van der Waals surface area contributed by atoms with Crippen LogP contribution < -0.4 is 5.32 Å². The summed E-state index contributed by atoms with van der Waals surface area (Å²) in [7, 11) is 0. The molecule has 0 aliphatic carbocycles. The highest BCUT2D eigenvalue weighted by molar-refractivity contribution is 5.76. The van der Waals surface area contributed by atoms with E-state index < -0.39 is 12.1 Å². The molecular formula is C61H109NO3. The minimum atomic E-state index is -0.865. The predicted octanol–water partition coefficient (Wildman–Crippen LogP) is 18.8. The minimum absolute atomic E-state index is 0.0732. The third kappa shape index (κ3) is 52.4. The second kappa shape index (κ2) is 55.9. The second-order valence-electron chi connectivity index (χ2n) is 19.0. The summed E-state index contributed by atoms with van der Waals surface area (Å²) in [5.41, 5.74) is 0. The van der Waals surface area contributed by atoms with Crippen molar-refractivity contribution in [1.29, 1.82) is 0 Å². The third-order valence-corrected chi connectivity index (χ3v) is 12.6. The Morgan fingerprint density at radius 3 is 1.08 bits per heavy atom. The van der Waals surface area contributed by atoms with Gasteiger partial charge in [0.05, 0.1) is 18.8 Å². The van der Waals surface area contributed by atoms with Gasteiger partial charge in [-0.05, 0) is 77.0 Å². The van der Waals surface area contributed by atoms with E-state index in [2.05, 4.69) is 92.1 Å². The Balaban J connectivity index is 3.52. The maximum absolute atomic E-state index is 12.5. The topological polar surface area (TPSA) is 69.6 Å². The predicted molar refractivity (Wildman–Crippen MR) is 290 cm³/mol. The molecule has 0 saturated carbocycles. The van der Waals surface area contributed by atoms with E-state index in [-0.39, 0.29) is 12.5 Å². The van der Waals surface area contributed by atoms with E-state index in [1.165, 1.54) is 193 Å². The van der Waals surface area contributed by atoms with E-state index in [4.69, 9.17) is 0 Å². The first-order valence-corrected chi connectivity index (χ1v) is 28.3. The van der Waals surface area contributed by atoms with Crippen LogP contribution in [0.5, 0.6) is 0 Å². The molecule has 4 heteroatoms. The van der Waals surface area contributed by atoms with Gasteiger partial charge >= 0.3 is 0 Å². The van der Waals surface area contributed by atoms with Gasteiger partial charge in [-0.1, -0.05) is 279 Å². The van der Waals surface area contributed by atoms with Crippen molar-refractivity contribution in [1.82, 2.24) is 5.32 Å². The first-order valence-electron chi connectivity index (χ1n) is 28.3. The second-order valence-corrected chi connectivity index (χ2v) is 19.0. The van der Waals surface area contributed by atoms with Crippen LogP contribution in [0.1, 0.15) is 277 Å². The standard InChI is InChI=1S/C61H109NO3/c1-3-5-7-9-11-13-15-17-19-21-23-25-26-27-28-29-30-31-32-33-34-35-36-37-39-41-43-45-47-49-51-53-55-57-61(65)62-59(58-63)60(64)56-54-52-50-48-46-44-42-40-38-24-22-20-18-16-14-12-10-8-6-4-2/h5,7,11,13,17,19,23,25,27-28,46,48,54,56,59-60,63-64H,3-4,6,8-10,12,14-16,18,20-22,24,26,29-45,47,49-53,55,57-58H2,1-2H3,(H,62,65)/b7-5-,13-11-,19-17-,25-23-,28-27-,48-46+,56-54+. The molecule has 0 aliphatic heterocycles. The molecule has 2 atom stereocenters. The quantitative estimate of drug-likeness (QED) is 0.0421. The number of aliphatic hydroxyl groups is 2. The molecule has 0 spiro atoms.